The fourth-order valence-electron chi connectivity index (χ4n) is 4.03. The summed E-state index contributed by atoms with van der Waals surface area (Å²) in [4.78, 5) is 17.8. The summed E-state index contributed by atoms with van der Waals surface area (Å²) in [5, 5.41) is 12.1. The first-order chi connectivity index (χ1) is 17.4. The van der Waals surface area contributed by atoms with E-state index in [1.54, 1.807) is 47.1 Å². The number of rotatable bonds is 6. The van der Waals surface area contributed by atoms with Crippen LogP contribution in [-0.4, -0.2) is 20.7 Å². The predicted octanol–water partition coefficient (Wildman–Crippen LogP) is 6.74. The van der Waals surface area contributed by atoms with Gasteiger partial charge in [0.1, 0.15) is 24.7 Å². The third-order valence-electron chi connectivity index (χ3n) is 5.76. The maximum absolute atomic E-state index is 13.5. The minimum atomic E-state index is -0.538. The molecule has 182 valence electrons. The molecule has 10 heteroatoms. The van der Waals surface area contributed by atoms with Crippen LogP contribution in [0.4, 0.5) is 11.6 Å². The highest BCUT2D eigenvalue weighted by Crippen LogP contribution is 2.36. The molecule has 36 heavy (non-hydrogen) atoms. The molecule has 1 amide bonds. The van der Waals surface area contributed by atoms with Crippen molar-refractivity contribution in [3.63, 3.8) is 0 Å². The lowest BCUT2D eigenvalue weighted by molar-refractivity contribution is -0.113. The molecule has 1 unspecified atom stereocenters. The number of benzene rings is 3. The monoisotopic (exact) mass is 539 g/mol. The number of nitrogens with one attached hydrogen (secondary N) is 2. The number of allylic oxidation sites excluding steroid dienone is 1. The lowest BCUT2D eigenvalue weighted by Crippen LogP contribution is -2.31. The molecule has 0 bridgehead atoms. The smallest absolute Gasteiger partial charge is 0.255 e. The maximum Gasteiger partial charge on any atom is 0.255 e. The van der Waals surface area contributed by atoms with Crippen LogP contribution in [0.3, 0.4) is 0 Å². The predicted molar refractivity (Wildman–Crippen MR) is 142 cm³/mol. The molecule has 0 saturated carbocycles. The first-order valence-corrected chi connectivity index (χ1v) is 12.1. The largest absolute Gasteiger partial charge is 0.489 e. The Labute approximate surface area is 222 Å². The van der Waals surface area contributed by atoms with Gasteiger partial charge in [-0.25, -0.2) is 4.68 Å². The number of carbonyl (C=O) groups excluding carboxylic acids is 1. The Morgan fingerprint density at radius 1 is 1.06 bits per heavy atom. The van der Waals surface area contributed by atoms with Crippen molar-refractivity contribution < 1.29 is 9.53 Å². The van der Waals surface area contributed by atoms with Gasteiger partial charge in [0, 0.05) is 32.0 Å². The average Bonchev–Trinajstić information content (AvgIpc) is 3.32. The highest BCUT2D eigenvalue weighted by molar-refractivity contribution is 6.36. The van der Waals surface area contributed by atoms with Crippen LogP contribution in [-0.2, 0) is 11.4 Å². The topological polar surface area (TPSA) is 81.1 Å². The summed E-state index contributed by atoms with van der Waals surface area (Å²) >= 11 is 18.6. The Hall–Kier alpha value is -3.52. The first kappa shape index (κ1) is 24.2. The highest BCUT2D eigenvalue weighted by atomic mass is 35.5. The number of carbonyl (C=O) groups is 1. The second kappa shape index (κ2) is 10.2. The molecule has 1 aromatic heterocycles. The van der Waals surface area contributed by atoms with Crippen molar-refractivity contribution in [1.82, 2.24) is 14.8 Å². The molecule has 3 aromatic carbocycles. The van der Waals surface area contributed by atoms with Gasteiger partial charge in [0.15, 0.2) is 0 Å². The molecule has 1 aliphatic rings. The summed E-state index contributed by atoms with van der Waals surface area (Å²) in [5.74, 6) is 0.858. The van der Waals surface area contributed by atoms with E-state index in [1.807, 2.05) is 31.2 Å². The molecule has 1 atom stereocenters. The van der Waals surface area contributed by atoms with E-state index in [-0.39, 0.29) is 12.5 Å². The van der Waals surface area contributed by atoms with Gasteiger partial charge in [-0.3, -0.25) is 4.79 Å². The quantitative estimate of drug-likeness (QED) is 0.283. The standard InChI is InChI=1S/C26H20Cl3N5O2/c1-15-23(25(35)33-18-10-8-17(27)9-11-18)24(34-26(32-15)30-14-31-34)16-4-2-5-19(12-16)36-13-20-21(28)6-3-7-22(20)29/h2-12,14,24H,13H2,1H3,(H,33,35)(H,30,31,32). The summed E-state index contributed by atoms with van der Waals surface area (Å²) < 4.78 is 7.70. The third-order valence-corrected chi connectivity index (χ3v) is 6.72. The number of hydrogen-bond acceptors (Lipinski definition) is 5. The minimum Gasteiger partial charge on any atom is -0.489 e. The van der Waals surface area contributed by atoms with Crippen LogP contribution >= 0.6 is 34.8 Å². The second-order valence-electron chi connectivity index (χ2n) is 8.12. The van der Waals surface area contributed by atoms with Gasteiger partial charge in [-0.15, -0.1) is 0 Å². The van der Waals surface area contributed by atoms with E-state index in [0.29, 0.717) is 49.3 Å². The Kier molecular flexibility index (Phi) is 6.87. The van der Waals surface area contributed by atoms with Crippen LogP contribution in [0.15, 0.2) is 84.3 Å². The van der Waals surface area contributed by atoms with E-state index in [1.165, 1.54) is 6.33 Å². The maximum atomic E-state index is 13.5. The Bertz CT molecular complexity index is 1450. The van der Waals surface area contributed by atoms with Crippen LogP contribution in [0.25, 0.3) is 0 Å². The van der Waals surface area contributed by atoms with Crippen LogP contribution in [0.5, 0.6) is 5.75 Å². The number of aromatic nitrogens is 3. The van der Waals surface area contributed by atoms with Gasteiger partial charge in [-0.05, 0) is 61.0 Å². The number of anilines is 2. The molecule has 0 spiro atoms. The van der Waals surface area contributed by atoms with Crippen molar-refractivity contribution in [2.24, 2.45) is 0 Å². The highest BCUT2D eigenvalue weighted by Gasteiger charge is 2.33. The SMILES string of the molecule is CC1=C(C(=O)Nc2ccc(Cl)cc2)C(c2cccc(OCc3c(Cl)cccc3Cl)c2)n2ncnc2N1. The van der Waals surface area contributed by atoms with E-state index in [9.17, 15) is 4.79 Å². The summed E-state index contributed by atoms with van der Waals surface area (Å²) in [5.41, 5.74) is 3.29. The molecule has 4 aromatic rings. The van der Waals surface area contributed by atoms with E-state index < -0.39 is 6.04 Å². The molecule has 2 N–H and O–H groups in total. The van der Waals surface area contributed by atoms with Gasteiger partial charge in [0.2, 0.25) is 5.95 Å². The number of amides is 1. The van der Waals surface area contributed by atoms with Gasteiger partial charge in [-0.2, -0.15) is 10.1 Å². The van der Waals surface area contributed by atoms with Gasteiger partial charge in [0.05, 0.1) is 5.57 Å². The zero-order valence-electron chi connectivity index (χ0n) is 19.0. The van der Waals surface area contributed by atoms with Crippen molar-refractivity contribution in [3.05, 3.63) is 111 Å². The van der Waals surface area contributed by atoms with E-state index in [0.717, 1.165) is 5.56 Å². The fourth-order valence-corrected chi connectivity index (χ4v) is 4.66. The molecule has 7 nitrogen and oxygen atoms in total. The Morgan fingerprint density at radius 2 is 1.78 bits per heavy atom. The van der Waals surface area contributed by atoms with Crippen LogP contribution < -0.4 is 15.4 Å². The number of fused-ring (bicyclic) bond motifs is 1. The van der Waals surface area contributed by atoms with Crippen molar-refractivity contribution in [2.45, 2.75) is 19.6 Å². The number of hydrogen-bond donors (Lipinski definition) is 2. The molecule has 0 fully saturated rings. The minimum absolute atomic E-state index is 0.196. The molecule has 0 radical (unpaired) electrons. The van der Waals surface area contributed by atoms with Crippen molar-refractivity contribution in [2.75, 3.05) is 10.6 Å². The second-order valence-corrected chi connectivity index (χ2v) is 9.37. The molecule has 5 rings (SSSR count). The lowest BCUT2D eigenvalue weighted by Gasteiger charge is -2.29. The van der Waals surface area contributed by atoms with Gasteiger partial charge in [-0.1, -0.05) is 53.0 Å². The van der Waals surface area contributed by atoms with Crippen LogP contribution in [0.1, 0.15) is 24.1 Å². The zero-order chi connectivity index (χ0) is 25.2. The number of ether oxygens (including phenoxy) is 1. The van der Waals surface area contributed by atoms with E-state index in [4.69, 9.17) is 39.5 Å². The zero-order valence-corrected chi connectivity index (χ0v) is 21.3. The molecular formula is C26H20Cl3N5O2. The van der Waals surface area contributed by atoms with Crippen molar-refractivity contribution in [3.8, 4) is 5.75 Å². The van der Waals surface area contributed by atoms with Gasteiger partial charge < -0.3 is 15.4 Å². The van der Waals surface area contributed by atoms with Crippen LogP contribution in [0.2, 0.25) is 15.1 Å². The van der Waals surface area contributed by atoms with Crippen LogP contribution in [0, 0.1) is 0 Å². The molecule has 0 aliphatic carbocycles. The molecule has 0 saturated heterocycles. The van der Waals surface area contributed by atoms with Crippen molar-refractivity contribution >= 4 is 52.3 Å². The van der Waals surface area contributed by atoms with Gasteiger partial charge in [0.25, 0.3) is 5.91 Å². The summed E-state index contributed by atoms with van der Waals surface area (Å²) in [6.07, 6.45) is 1.45. The van der Waals surface area contributed by atoms with E-state index in [2.05, 4.69) is 20.7 Å². The van der Waals surface area contributed by atoms with E-state index >= 15 is 0 Å². The number of nitrogens with zero attached hydrogens (tertiary/aromatic N) is 3. The third kappa shape index (κ3) is 4.91. The Balaban J connectivity index is 1.46. The average molecular weight is 541 g/mol. The van der Waals surface area contributed by atoms with Gasteiger partial charge >= 0.3 is 0 Å². The summed E-state index contributed by atoms with van der Waals surface area (Å²) in [7, 11) is 0. The molecule has 2 heterocycles. The first-order valence-electron chi connectivity index (χ1n) is 11.0. The lowest BCUT2D eigenvalue weighted by atomic mass is 9.95. The molecular weight excluding hydrogens is 521 g/mol. The summed E-state index contributed by atoms with van der Waals surface area (Å²) in [6, 6.07) is 19.2. The number of halogens is 3. The normalized spacial score (nSPS) is 14.7. The fraction of sp³-hybridized carbons (Fsp3) is 0.115. The summed E-state index contributed by atoms with van der Waals surface area (Å²) in [6.45, 7) is 2.03. The van der Waals surface area contributed by atoms with Crippen molar-refractivity contribution in [1.29, 1.82) is 0 Å². The molecule has 1 aliphatic heterocycles. The Morgan fingerprint density at radius 3 is 2.53 bits per heavy atom.